The molecular weight excluding hydrogens is 292 g/mol. The first-order valence-electron chi connectivity index (χ1n) is 6.07. The summed E-state index contributed by atoms with van der Waals surface area (Å²) in [6.07, 6.45) is 0. The molecule has 0 fully saturated rings. The van der Waals surface area contributed by atoms with Crippen LogP contribution >= 0.6 is 15.9 Å². The van der Waals surface area contributed by atoms with Crippen LogP contribution in [0, 0.1) is 0 Å². The maximum Gasteiger partial charge on any atom is 0.250 e. The van der Waals surface area contributed by atoms with Gasteiger partial charge in [-0.25, -0.2) is 0 Å². The number of rotatable bonds is 3. The first-order valence-corrected chi connectivity index (χ1v) is 9.89. The summed E-state index contributed by atoms with van der Waals surface area (Å²) in [6, 6.07) is 8.31. The summed E-state index contributed by atoms with van der Waals surface area (Å²) in [5.41, 5.74) is 1.23. The SMILES string of the molecule is CC(Br)c1ccccc1O[Si](C)(C)C(C)(C)C. The monoisotopic (exact) mass is 314 g/mol. The molecule has 0 aliphatic rings. The predicted octanol–water partition coefficient (Wildman–Crippen LogP) is 5.53. The highest BCUT2D eigenvalue weighted by Crippen LogP contribution is 2.40. The van der Waals surface area contributed by atoms with Crippen LogP contribution in [0.1, 0.15) is 38.1 Å². The average Bonchev–Trinajstić information content (AvgIpc) is 2.15. The molecule has 0 spiro atoms. The van der Waals surface area contributed by atoms with Crippen molar-refractivity contribution < 1.29 is 4.43 Å². The van der Waals surface area contributed by atoms with Gasteiger partial charge in [0.15, 0.2) is 0 Å². The van der Waals surface area contributed by atoms with Crippen molar-refractivity contribution in [1.82, 2.24) is 0 Å². The first-order chi connectivity index (χ1) is 7.65. The third kappa shape index (κ3) is 3.59. The second-order valence-corrected chi connectivity index (χ2v) is 12.1. The number of para-hydroxylation sites is 1. The van der Waals surface area contributed by atoms with Crippen LogP contribution in [0.4, 0.5) is 0 Å². The van der Waals surface area contributed by atoms with Gasteiger partial charge in [-0.3, -0.25) is 0 Å². The largest absolute Gasteiger partial charge is 0.543 e. The molecule has 0 amide bonds. The Bertz CT molecular complexity index is 380. The van der Waals surface area contributed by atoms with E-state index in [0.717, 1.165) is 5.75 Å². The Balaban J connectivity index is 3.04. The summed E-state index contributed by atoms with van der Waals surface area (Å²) in [5, 5.41) is 0.232. The normalized spacial score (nSPS) is 14.5. The van der Waals surface area contributed by atoms with Crippen LogP contribution in [0.2, 0.25) is 18.1 Å². The lowest BCUT2D eigenvalue weighted by molar-refractivity contribution is 0.487. The molecule has 0 N–H and O–H groups in total. The van der Waals surface area contributed by atoms with Crippen molar-refractivity contribution in [2.24, 2.45) is 0 Å². The summed E-state index contributed by atoms with van der Waals surface area (Å²) < 4.78 is 6.37. The summed E-state index contributed by atoms with van der Waals surface area (Å²) in [6.45, 7) is 13.5. The zero-order valence-electron chi connectivity index (χ0n) is 11.7. The minimum atomic E-state index is -1.74. The fourth-order valence-electron chi connectivity index (χ4n) is 1.33. The van der Waals surface area contributed by atoms with E-state index >= 15 is 0 Å². The van der Waals surface area contributed by atoms with E-state index in [2.05, 4.69) is 74.9 Å². The van der Waals surface area contributed by atoms with E-state index in [0.29, 0.717) is 4.83 Å². The number of alkyl halides is 1. The van der Waals surface area contributed by atoms with Gasteiger partial charge in [0.05, 0.1) is 0 Å². The molecule has 0 radical (unpaired) electrons. The van der Waals surface area contributed by atoms with Crippen molar-refractivity contribution in [3.63, 3.8) is 0 Å². The molecule has 0 saturated carbocycles. The quantitative estimate of drug-likeness (QED) is 0.526. The highest BCUT2D eigenvalue weighted by atomic mass is 79.9. The van der Waals surface area contributed by atoms with E-state index in [1.807, 2.05) is 6.07 Å². The van der Waals surface area contributed by atoms with Gasteiger partial charge in [-0.15, -0.1) is 0 Å². The Labute approximate surface area is 115 Å². The maximum absolute atomic E-state index is 6.37. The Morgan fingerprint density at radius 1 is 1.18 bits per heavy atom. The molecule has 1 atom stereocenters. The van der Waals surface area contributed by atoms with Gasteiger partial charge in [-0.2, -0.15) is 0 Å². The molecule has 3 heteroatoms. The van der Waals surface area contributed by atoms with E-state index in [1.54, 1.807) is 0 Å². The van der Waals surface area contributed by atoms with Gasteiger partial charge < -0.3 is 4.43 Å². The third-order valence-electron chi connectivity index (χ3n) is 3.52. The van der Waals surface area contributed by atoms with Crippen molar-refractivity contribution >= 4 is 24.2 Å². The van der Waals surface area contributed by atoms with Crippen LogP contribution in [-0.2, 0) is 0 Å². The van der Waals surface area contributed by atoms with Crippen molar-refractivity contribution in [2.45, 2.75) is 50.7 Å². The minimum absolute atomic E-state index is 0.232. The first kappa shape index (κ1) is 14.8. The van der Waals surface area contributed by atoms with Crippen LogP contribution in [-0.4, -0.2) is 8.32 Å². The Kier molecular flexibility index (Phi) is 4.47. The second kappa shape index (κ2) is 5.15. The molecule has 1 unspecified atom stereocenters. The van der Waals surface area contributed by atoms with Crippen LogP contribution in [0.25, 0.3) is 0 Å². The molecule has 0 heterocycles. The Morgan fingerprint density at radius 3 is 2.18 bits per heavy atom. The van der Waals surface area contributed by atoms with Crippen LogP contribution in [0.5, 0.6) is 5.75 Å². The van der Waals surface area contributed by atoms with Gasteiger partial charge >= 0.3 is 0 Å². The number of hydrogen-bond acceptors (Lipinski definition) is 1. The van der Waals surface area contributed by atoms with Crippen molar-refractivity contribution in [2.75, 3.05) is 0 Å². The fourth-order valence-corrected chi connectivity index (χ4v) is 2.75. The maximum atomic E-state index is 6.37. The topological polar surface area (TPSA) is 9.23 Å². The zero-order chi connectivity index (χ0) is 13.3. The van der Waals surface area contributed by atoms with Gasteiger partial charge in [0, 0.05) is 10.4 Å². The van der Waals surface area contributed by atoms with E-state index in [9.17, 15) is 0 Å². The zero-order valence-corrected chi connectivity index (χ0v) is 14.3. The summed E-state index contributed by atoms with van der Waals surface area (Å²) in [5.74, 6) is 1.03. The van der Waals surface area contributed by atoms with E-state index in [4.69, 9.17) is 4.43 Å². The van der Waals surface area contributed by atoms with Gasteiger partial charge in [0.25, 0.3) is 0 Å². The highest BCUT2D eigenvalue weighted by molar-refractivity contribution is 9.09. The van der Waals surface area contributed by atoms with Gasteiger partial charge in [-0.1, -0.05) is 54.9 Å². The lowest BCUT2D eigenvalue weighted by Crippen LogP contribution is -2.44. The predicted molar refractivity (Wildman–Crippen MR) is 81.6 cm³/mol. The summed E-state index contributed by atoms with van der Waals surface area (Å²) >= 11 is 3.63. The molecule has 0 saturated heterocycles. The Morgan fingerprint density at radius 2 is 1.71 bits per heavy atom. The smallest absolute Gasteiger partial charge is 0.250 e. The molecule has 0 aromatic heterocycles. The minimum Gasteiger partial charge on any atom is -0.543 e. The summed E-state index contributed by atoms with van der Waals surface area (Å²) in [4.78, 5) is 0.323. The number of halogens is 1. The van der Waals surface area contributed by atoms with Gasteiger partial charge in [0.1, 0.15) is 5.75 Å². The molecule has 17 heavy (non-hydrogen) atoms. The molecular formula is C14H23BrOSi. The van der Waals surface area contributed by atoms with Crippen molar-refractivity contribution in [1.29, 1.82) is 0 Å². The molecule has 0 aliphatic carbocycles. The Hall–Kier alpha value is -0.283. The van der Waals surface area contributed by atoms with E-state index in [1.165, 1.54) is 5.56 Å². The third-order valence-corrected chi connectivity index (χ3v) is 8.35. The van der Waals surface area contributed by atoms with Crippen molar-refractivity contribution in [3.05, 3.63) is 29.8 Å². The molecule has 96 valence electrons. The molecule has 1 aromatic rings. The van der Waals surface area contributed by atoms with Crippen LogP contribution in [0.3, 0.4) is 0 Å². The molecule has 1 rings (SSSR count). The van der Waals surface area contributed by atoms with E-state index < -0.39 is 8.32 Å². The van der Waals surface area contributed by atoms with Crippen LogP contribution < -0.4 is 4.43 Å². The molecule has 0 aliphatic heterocycles. The molecule has 1 aromatic carbocycles. The van der Waals surface area contributed by atoms with Crippen LogP contribution in [0.15, 0.2) is 24.3 Å². The summed E-state index contributed by atoms with van der Waals surface area (Å²) in [7, 11) is -1.74. The average molecular weight is 315 g/mol. The lowest BCUT2D eigenvalue weighted by atomic mass is 10.1. The second-order valence-electron chi connectivity index (χ2n) is 6.02. The standard InChI is InChI=1S/C14H23BrOSi/c1-11(15)12-9-7-8-10-13(12)16-17(5,6)14(2,3)4/h7-11H,1-6H3. The lowest BCUT2D eigenvalue weighted by Gasteiger charge is -2.37. The van der Waals surface area contributed by atoms with Gasteiger partial charge in [0.2, 0.25) is 8.32 Å². The molecule has 1 nitrogen and oxygen atoms in total. The number of benzene rings is 1. The number of hydrogen-bond donors (Lipinski definition) is 0. The molecule has 0 bridgehead atoms. The fraction of sp³-hybridized carbons (Fsp3) is 0.571. The van der Waals surface area contributed by atoms with E-state index in [-0.39, 0.29) is 5.04 Å². The van der Waals surface area contributed by atoms with Gasteiger partial charge in [-0.05, 0) is 31.1 Å². The highest BCUT2D eigenvalue weighted by Gasteiger charge is 2.39. The van der Waals surface area contributed by atoms with Crippen molar-refractivity contribution in [3.8, 4) is 5.75 Å².